The van der Waals surface area contributed by atoms with Crippen LogP contribution in [0.15, 0.2) is 24.3 Å². The van der Waals surface area contributed by atoms with Crippen LogP contribution < -0.4 is 4.74 Å². The summed E-state index contributed by atoms with van der Waals surface area (Å²) in [6.07, 6.45) is 16.9. The fourth-order valence-corrected chi connectivity index (χ4v) is 4.12. The largest absolute Gasteiger partial charge is 0.429 e. The number of rotatable bonds is 11. The summed E-state index contributed by atoms with van der Waals surface area (Å²) < 4.78 is 55.9. The summed E-state index contributed by atoms with van der Waals surface area (Å²) in [7, 11) is 0. The molecule has 0 aliphatic heterocycles. The fraction of sp³-hybridized carbons (Fsp3) is 0.652. The molecule has 5 heteroatoms. The third-order valence-electron chi connectivity index (χ3n) is 5.71. The standard InChI is InChI=1S/C23H32F4O/c1-2-3-4-5-6-7-8-17-9-11-18(12-10-17)13-14-19-15-20(24)22(21(25)16-19)28-23(26)27/h3-4,15-18,23H,2,5-14H2,1H3. The SMILES string of the molecule is CCC=CCCCCC1CCC(CCc2cc(F)c(OC(F)F)c(F)c2)CC1. The zero-order valence-electron chi connectivity index (χ0n) is 16.7. The van der Waals surface area contributed by atoms with Gasteiger partial charge < -0.3 is 4.74 Å². The molecule has 0 N–H and O–H groups in total. The van der Waals surface area contributed by atoms with Crippen LogP contribution in [0.2, 0.25) is 0 Å². The Hall–Kier alpha value is -1.52. The Morgan fingerprint density at radius 3 is 2.14 bits per heavy atom. The second-order valence-corrected chi connectivity index (χ2v) is 7.86. The highest BCUT2D eigenvalue weighted by Gasteiger charge is 2.22. The summed E-state index contributed by atoms with van der Waals surface area (Å²) in [5.41, 5.74) is 0.499. The molecule has 28 heavy (non-hydrogen) atoms. The van der Waals surface area contributed by atoms with E-state index in [1.165, 1.54) is 38.5 Å². The molecule has 0 bridgehead atoms. The molecule has 1 aromatic carbocycles. The van der Waals surface area contributed by atoms with Gasteiger partial charge in [-0.3, -0.25) is 0 Å². The first-order valence-electron chi connectivity index (χ1n) is 10.6. The Bertz CT molecular complexity index is 584. The van der Waals surface area contributed by atoms with Gasteiger partial charge in [0.15, 0.2) is 17.4 Å². The maximum atomic E-state index is 13.8. The number of hydrogen-bond donors (Lipinski definition) is 0. The van der Waals surface area contributed by atoms with Crippen LogP contribution >= 0.6 is 0 Å². The summed E-state index contributed by atoms with van der Waals surface area (Å²) >= 11 is 0. The van der Waals surface area contributed by atoms with Crippen LogP contribution in [0.5, 0.6) is 5.75 Å². The van der Waals surface area contributed by atoms with E-state index >= 15 is 0 Å². The quantitative estimate of drug-likeness (QED) is 0.209. The molecule has 0 unspecified atom stereocenters. The summed E-state index contributed by atoms with van der Waals surface area (Å²) in [5, 5.41) is 0. The van der Waals surface area contributed by atoms with E-state index in [0.717, 1.165) is 43.7 Å². The lowest BCUT2D eigenvalue weighted by Gasteiger charge is -2.28. The van der Waals surface area contributed by atoms with Crippen LogP contribution in [-0.4, -0.2) is 6.61 Å². The Morgan fingerprint density at radius 1 is 0.964 bits per heavy atom. The normalized spacial score (nSPS) is 20.2. The Kier molecular flexibility index (Phi) is 9.86. The molecule has 0 heterocycles. The van der Waals surface area contributed by atoms with E-state index in [2.05, 4.69) is 23.8 Å². The van der Waals surface area contributed by atoms with Crippen molar-refractivity contribution in [1.29, 1.82) is 0 Å². The molecule has 1 aromatic rings. The van der Waals surface area contributed by atoms with E-state index in [-0.39, 0.29) is 0 Å². The third-order valence-corrected chi connectivity index (χ3v) is 5.71. The highest BCUT2D eigenvalue weighted by atomic mass is 19.3. The van der Waals surface area contributed by atoms with E-state index in [9.17, 15) is 17.6 Å². The van der Waals surface area contributed by atoms with Gasteiger partial charge >= 0.3 is 6.61 Å². The third kappa shape index (κ3) is 7.84. The number of alkyl halides is 2. The molecule has 0 saturated heterocycles. The van der Waals surface area contributed by atoms with Gasteiger partial charge in [0.05, 0.1) is 0 Å². The Balaban J connectivity index is 1.69. The second kappa shape index (κ2) is 12.1. The van der Waals surface area contributed by atoms with Gasteiger partial charge in [-0.25, -0.2) is 8.78 Å². The molecule has 0 amide bonds. The van der Waals surface area contributed by atoms with E-state index < -0.39 is 24.0 Å². The van der Waals surface area contributed by atoms with Crippen molar-refractivity contribution in [2.24, 2.45) is 11.8 Å². The molecule has 1 saturated carbocycles. The lowest BCUT2D eigenvalue weighted by molar-refractivity contribution is -0.0546. The van der Waals surface area contributed by atoms with Gasteiger partial charge in [-0.05, 0) is 61.6 Å². The van der Waals surface area contributed by atoms with Crippen molar-refractivity contribution < 1.29 is 22.3 Å². The number of hydrogen-bond acceptors (Lipinski definition) is 1. The number of unbranched alkanes of at least 4 members (excludes halogenated alkanes) is 2. The lowest BCUT2D eigenvalue weighted by atomic mass is 9.78. The molecular formula is C23H32F4O. The first kappa shape index (κ1) is 22.8. The van der Waals surface area contributed by atoms with E-state index in [1.807, 2.05) is 0 Å². The lowest BCUT2D eigenvalue weighted by Crippen LogP contribution is -2.15. The summed E-state index contributed by atoms with van der Waals surface area (Å²) in [4.78, 5) is 0. The summed E-state index contributed by atoms with van der Waals surface area (Å²) in [6.45, 7) is -1.09. The van der Waals surface area contributed by atoms with Crippen LogP contribution in [0.3, 0.4) is 0 Å². The predicted molar refractivity (Wildman–Crippen MR) is 105 cm³/mol. The predicted octanol–water partition coefficient (Wildman–Crippen LogP) is 7.83. The Morgan fingerprint density at radius 2 is 1.57 bits per heavy atom. The number of allylic oxidation sites excluding steroid dienone is 2. The summed E-state index contributed by atoms with van der Waals surface area (Å²) in [5.74, 6) is -1.73. The zero-order valence-corrected chi connectivity index (χ0v) is 16.7. The van der Waals surface area contributed by atoms with Gasteiger partial charge in [-0.15, -0.1) is 0 Å². The van der Waals surface area contributed by atoms with Gasteiger partial charge in [0, 0.05) is 0 Å². The van der Waals surface area contributed by atoms with E-state index in [0.29, 0.717) is 17.9 Å². The van der Waals surface area contributed by atoms with Crippen molar-refractivity contribution in [3.05, 3.63) is 41.5 Å². The number of ether oxygens (including phenoxy) is 1. The minimum Gasteiger partial charge on any atom is -0.429 e. The number of halogens is 4. The average molecular weight is 401 g/mol. The molecule has 0 spiro atoms. The van der Waals surface area contributed by atoms with Crippen molar-refractivity contribution >= 4 is 0 Å². The van der Waals surface area contributed by atoms with Crippen LogP contribution in [0.1, 0.15) is 76.7 Å². The number of aryl methyl sites for hydroxylation is 1. The monoisotopic (exact) mass is 400 g/mol. The fourth-order valence-electron chi connectivity index (χ4n) is 4.12. The molecule has 1 aliphatic carbocycles. The van der Waals surface area contributed by atoms with Crippen molar-refractivity contribution in [3.8, 4) is 5.75 Å². The van der Waals surface area contributed by atoms with E-state index in [4.69, 9.17) is 0 Å². The first-order valence-corrected chi connectivity index (χ1v) is 10.6. The van der Waals surface area contributed by atoms with Crippen molar-refractivity contribution in [3.63, 3.8) is 0 Å². The molecular weight excluding hydrogens is 368 g/mol. The minimum absolute atomic E-state index is 0.499. The minimum atomic E-state index is -3.24. The maximum absolute atomic E-state index is 13.8. The Labute approximate surface area is 166 Å². The molecule has 0 atom stereocenters. The second-order valence-electron chi connectivity index (χ2n) is 7.86. The molecule has 1 nitrogen and oxygen atoms in total. The van der Waals surface area contributed by atoms with Gasteiger partial charge in [0.2, 0.25) is 0 Å². The van der Waals surface area contributed by atoms with E-state index in [1.54, 1.807) is 0 Å². The molecule has 0 radical (unpaired) electrons. The van der Waals surface area contributed by atoms with Crippen molar-refractivity contribution in [1.82, 2.24) is 0 Å². The maximum Gasteiger partial charge on any atom is 0.387 e. The van der Waals surface area contributed by atoms with Crippen LogP contribution in [0.4, 0.5) is 17.6 Å². The molecule has 2 rings (SSSR count). The van der Waals surface area contributed by atoms with Gasteiger partial charge in [0.25, 0.3) is 0 Å². The molecule has 1 aliphatic rings. The van der Waals surface area contributed by atoms with Crippen LogP contribution in [0.25, 0.3) is 0 Å². The van der Waals surface area contributed by atoms with Crippen molar-refractivity contribution in [2.75, 3.05) is 0 Å². The highest BCUT2D eigenvalue weighted by Crippen LogP contribution is 2.35. The van der Waals surface area contributed by atoms with Crippen molar-refractivity contribution in [2.45, 2.75) is 84.2 Å². The number of benzene rings is 1. The average Bonchev–Trinajstić information content (AvgIpc) is 2.66. The molecule has 0 aromatic heterocycles. The van der Waals surface area contributed by atoms with Gasteiger partial charge in [-0.2, -0.15) is 8.78 Å². The summed E-state index contributed by atoms with van der Waals surface area (Å²) in [6, 6.07) is 2.22. The molecule has 1 fully saturated rings. The van der Waals surface area contributed by atoms with Crippen LogP contribution in [-0.2, 0) is 6.42 Å². The van der Waals surface area contributed by atoms with Gasteiger partial charge in [0.1, 0.15) is 0 Å². The van der Waals surface area contributed by atoms with Gasteiger partial charge in [-0.1, -0.05) is 57.6 Å². The first-order chi connectivity index (χ1) is 13.5. The zero-order chi connectivity index (χ0) is 20.4. The highest BCUT2D eigenvalue weighted by molar-refractivity contribution is 5.31. The smallest absolute Gasteiger partial charge is 0.387 e. The topological polar surface area (TPSA) is 9.23 Å². The molecule has 158 valence electrons. The van der Waals surface area contributed by atoms with Crippen LogP contribution in [0, 0.1) is 23.5 Å².